The van der Waals surface area contributed by atoms with Crippen molar-refractivity contribution in [3.63, 3.8) is 0 Å². The first kappa shape index (κ1) is 8.95. The number of benzene rings is 1. The molecular weight excluding hydrogens is 172 g/mol. The van der Waals surface area contributed by atoms with Gasteiger partial charge in [-0.25, -0.2) is 0 Å². The number of allylic oxidation sites excluding steroid dienone is 4. The van der Waals surface area contributed by atoms with Crippen molar-refractivity contribution >= 4 is 11.9 Å². The molecule has 0 unspecified atom stereocenters. The lowest BCUT2D eigenvalue weighted by molar-refractivity contribution is -0.104. The molecular formula is C13H12O. The van der Waals surface area contributed by atoms with Crippen molar-refractivity contribution in [2.75, 3.05) is 0 Å². The third kappa shape index (κ3) is 1.67. The summed E-state index contributed by atoms with van der Waals surface area (Å²) in [7, 11) is 0. The fraction of sp³-hybridized carbons (Fsp3) is 0.154. The molecule has 1 aliphatic carbocycles. The second-order valence-electron chi connectivity index (χ2n) is 3.36. The zero-order valence-corrected chi connectivity index (χ0v) is 7.94. The Morgan fingerprint density at radius 1 is 1.14 bits per heavy atom. The van der Waals surface area contributed by atoms with Crippen LogP contribution in [0.3, 0.4) is 0 Å². The number of hydrogen-bond acceptors (Lipinski definition) is 1. The molecule has 0 bridgehead atoms. The van der Waals surface area contributed by atoms with Gasteiger partial charge in [0.2, 0.25) is 0 Å². The Kier molecular flexibility index (Phi) is 2.59. The first-order valence-electron chi connectivity index (χ1n) is 4.82. The second-order valence-corrected chi connectivity index (χ2v) is 3.36. The van der Waals surface area contributed by atoms with E-state index in [0.29, 0.717) is 0 Å². The van der Waals surface area contributed by atoms with Gasteiger partial charge >= 0.3 is 0 Å². The van der Waals surface area contributed by atoms with Crippen molar-refractivity contribution < 1.29 is 4.79 Å². The van der Waals surface area contributed by atoms with E-state index in [1.165, 1.54) is 11.1 Å². The van der Waals surface area contributed by atoms with Crippen LogP contribution in [0.4, 0.5) is 0 Å². The van der Waals surface area contributed by atoms with E-state index in [4.69, 9.17) is 0 Å². The largest absolute Gasteiger partial charge is 0.298 e. The zero-order chi connectivity index (χ0) is 9.80. The van der Waals surface area contributed by atoms with Gasteiger partial charge in [0.1, 0.15) is 6.29 Å². The Balaban J connectivity index is 2.46. The zero-order valence-electron chi connectivity index (χ0n) is 7.94. The highest BCUT2D eigenvalue weighted by molar-refractivity contribution is 5.92. The molecule has 0 N–H and O–H groups in total. The smallest absolute Gasteiger partial charge is 0.150 e. The molecule has 0 aromatic heterocycles. The molecule has 1 heteroatoms. The lowest BCUT2D eigenvalue weighted by atomic mass is 9.92. The SMILES string of the molecule is O=CC1=C(c2ccccc2)CCC=C1. The number of aldehydes is 1. The van der Waals surface area contributed by atoms with Gasteiger partial charge in [0.25, 0.3) is 0 Å². The van der Waals surface area contributed by atoms with Crippen molar-refractivity contribution in [3.05, 3.63) is 53.6 Å². The standard InChI is InChI=1S/C13H12O/c14-10-12-8-4-5-9-13(12)11-6-2-1-3-7-11/h1-4,6-8,10H,5,9H2. The van der Waals surface area contributed by atoms with Crippen LogP contribution in [0.2, 0.25) is 0 Å². The van der Waals surface area contributed by atoms with E-state index in [2.05, 4.69) is 18.2 Å². The molecule has 0 heterocycles. The highest BCUT2D eigenvalue weighted by Crippen LogP contribution is 2.27. The lowest BCUT2D eigenvalue weighted by Crippen LogP contribution is -1.95. The molecule has 0 fully saturated rings. The molecule has 0 atom stereocenters. The summed E-state index contributed by atoms with van der Waals surface area (Å²) in [6, 6.07) is 10.1. The average molecular weight is 184 g/mol. The van der Waals surface area contributed by atoms with Crippen LogP contribution in [-0.4, -0.2) is 6.29 Å². The van der Waals surface area contributed by atoms with Crippen LogP contribution in [0.15, 0.2) is 48.1 Å². The highest BCUT2D eigenvalue weighted by Gasteiger charge is 2.08. The quantitative estimate of drug-likeness (QED) is 0.646. The monoisotopic (exact) mass is 184 g/mol. The number of carbonyl (C=O) groups excluding carboxylic acids is 1. The summed E-state index contributed by atoms with van der Waals surface area (Å²) in [5.74, 6) is 0. The van der Waals surface area contributed by atoms with E-state index in [0.717, 1.165) is 24.7 Å². The molecule has 0 saturated carbocycles. The maximum atomic E-state index is 10.8. The van der Waals surface area contributed by atoms with E-state index in [1.54, 1.807) is 0 Å². The Hall–Kier alpha value is -1.63. The highest BCUT2D eigenvalue weighted by atomic mass is 16.1. The van der Waals surface area contributed by atoms with Crippen LogP contribution >= 0.6 is 0 Å². The van der Waals surface area contributed by atoms with Crippen molar-refractivity contribution in [2.24, 2.45) is 0 Å². The third-order valence-corrected chi connectivity index (χ3v) is 2.46. The van der Waals surface area contributed by atoms with Gasteiger partial charge in [0.05, 0.1) is 0 Å². The van der Waals surface area contributed by atoms with E-state index in [1.807, 2.05) is 24.3 Å². The molecule has 0 spiro atoms. The first-order valence-corrected chi connectivity index (χ1v) is 4.82. The summed E-state index contributed by atoms with van der Waals surface area (Å²) in [5.41, 5.74) is 3.16. The van der Waals surface area contributed by atoms with Crippen LogP contribution < -0.4 is 0 Å². The topological polar surface area (TPSA) is 17.1 Å². The maximum absolute atomic E-state index is 10.8. The summed E-state index contributed by atoms with van der Waals surface area (Å²) in [6.45, 7) is 0. The molecule has 0 saturated heterocycles. The Morgan fingerprint density at radius 3 is 2.64 bits per heavy atom. The van der Waals surface area contributed by atoms with E-state index in [9.17, 15) is 4.79 Å². The molecule has 1 aromatic rings. The minimum Gasteiger partial charge on any atom is -0.298 e. The van der Waals surface area contributed by atoms with Crippen LogP contribution in [0.5, 0.6) is 0 Å². The molecule has 0 aliphatic heterocycles. The van der Waals surface area contributed by atoms with Crippen LogP contribution in [0.1, 0.15) is 18.4 Å². The van der Waals surface area contributed by atoms with Gasteiger partial charge in [-0.2, -0.15) is 0 Å². The Bertz CT molecular complexity index is 385. The second kappa shape index (κ2) is 4.05. The minimum absolute atomic E-state index is 0.822. The fourth-order valence-corrected chi connectivity index (χ4v) is 1.74. The van der Waals surface area contributed by atoms with Crippen LogP contribution in [0.25, 0.3) is 5.57 Å². The van der Waals surface area contributed by atoms with Gasteiger partial charge in [0.15, 0.2) is 0 Å². The third-order valence-electron chi connectivity index (χ3n) is 2.46. The Labute approximate surface area is 83.8 Å². The molecule has 14 heavy (non-hydrogen) atoms. The predicted molar refractivity (Wildman–Crippen MR) is 57.8 cm³/mol. The summed E-state index contributed by atoms with van der Waals surface area (Å²) >= 11 is 0. The van der Waals surface area contributed by atoms with Gasteiger partial charge in [-0.1, -0.05) is 42.5 Å². The van der Waals surface area contributed by atoms with Gasteiger partial charge < -0.3 is 0 Å². The summed E-state index contributed by atoms with van der Waals surface area (Å²) in [5, 5.41) is 0. The van der Waals surface area contributed by atoms with Crippen LogP contribution in [-0.2, 0) is 4.79 Å². The van der Waals surface area contributed by atoms with Crippen molar-refractivity contribution in [3.8, 4) is 0 Å². The summed E-state index contributed by atoms with van der Waals surface area (Å²) < 4.78 is 0. The molecule has 0 radical (unpaired) electrons. The molecule has 1 aromatic carbocycles. The number of carbonyl (C=O) groups is 1. The molecule has 2 rings (SSSR count). The maximum Gasteiger partial charge on any atom is 0.150 e. The molecule has 1 nitrogen and oxygen atoms in total. The molecule has 70 valence electrons. The Morgan fingerprint density at radius 2 is 1.93 bits per heavy atom. The van der Waals surface area contributed by atoms with Gasteiger partial charge in [0, 0.05) is 5.57 Å². The normalized spacial score (nSPS) is 15.7. The summed E-state index contributed by atoms with van der Waals surface area (Å²) in [4.78, 5) is 10.8. The summed E-state index contributed by atoms with van der Waals surface area (Å²) in [6.07, 6.45) is 6.91. The van der Waals surface area contributed by atoms with Crippen molar-refractivity contribution in [2.45, 2.75) is 12.8 Å². The van der Waals surface area contributed by atoms with Crippen molar-refractivity contribution in [1.29, 1.82) is 0 Å². The van der Waals surface area contributed by atoms with Gasteiger partial charge in [-0.15, -0.1) is 0 Å². The average Bonchev–Trinajstić information content (AvgIpc) is 2.30. The van der Waals surface area contributed by atoms with Crippen molar-refractivity contribution in [1.82, 2.24) is 0 Å². The lowest BCUT2D eigenvalue weighted by Gasteiger charge is -2.12. The molecule has 1 aliphatic rings. The minimum atomic E-state index is 0.822. The first-order chi connectivity index (χ1) is 6.92. The van der Waals surface area contributed by atoms with E-state index < -0.39 is 0 Å². The van der Waals surface area contributed by atoms with Crippen LogP contribution in [0, 0.1) is 0 Å². The van der Waals surface area contributed by atoms with E-state index >= 15 is 0 Å². The number of rotatable bonds is 2. The predicted octanol–water partition coefficient (Wildman–Crippen LogP) is 2.99. The fourth-order valence-electron chi connectivity index (χ4n) is 1.74. The molecule has 0 amide bonds. The van der Waals surface area contributed by atoms with Gasteiger partial charge in [-0.3, -0.25) is 4.79 Å². The number of hydrogen-bond donors (Lipinski definition) is 0. The van der Waals surface area contributed by atoms with Gasteiger partial charge in [-0.05, 0) is 24.0 Å². The van der Waals surface area contributed by atoms with E-state index in [-0.39, 0.29) is 0 Å².